The summed E-state index contributed by atoms with van der Waals surface area (Å²) in [6.07, 6.45) is 18.3. The number of hydrogen-bond donors (Lipinski definition) is 0. The number of rotatable bonds is 3. The molecule has 1 aromatic rings. The molecule has 2 aliphatic carbocycles. The molecular formula is C29H42N2. The van der Waals surface area contributed by atoms with Crippen LogP contribution in [0.3, 0.4) is 0 Å². The second-order valence-corrected chi connectivity index (χ2v) is 11.8. The maximum absolute atomic E-state index is 2.72. The minimum atomic E-state index is 0.147. The summed E-state index contributed by atoms with van der Waals surface area (Å²) < 4.78 is 0. The Morgan fingerprint density at radius 2 is 1.42 bits per heavy atom. The molecule has 0 bridgehead atoms. The van der Waals surface area contributed by atoms with Gasteiger partial charge in [0.25, 0.3) is 0 Å². The fourth-order valence-electron chi connectivity index (χ4n) is 7.63. The molecule has 0 N–H and O–H groups in total. The molecule has 0 spiro atoms. The van der Waals surface area contributed by atoms with Gasteiger partial charge in [-0.25, -0.2) is 0 Å². The van der Waals surface area contributed by atoms with Crippen LogP contribution < -0.4 is 4.90 Å². The van der Waals surface area contributed by atoms with Crippen LogP contribution in [0.25, 0.3) is 0 Å². The Morgan fingerprint density at radius 3 is 2.00 bits per heavy atom. The van der Waals surface area contributed by atoms with E-state index in [2.05, 4.69) is 81.0 Å². The third kappa shape index (κ3) is 3.19. The minimum absolute atomic E-state index is 0.147. The highest BCUT2D eigenvalue weighted by molar-refractivity contribution is 5.63. The van der Waals surface area contributed by atoms with Gasteiger partial charge in [0.15, 0.2) is 0 Å². The quantitative estimate of drug-likeness (QED) is 0.490. The molecule has 4 aliphatic rings. The first-order chi connectivity index (χ1) is 14.9. The average molecular weight is 419 g/mol. The molecule has 2 atom stereocenters. The number of allylic oxidation sites excluding steroid dienone is 2. The van der Waals surface area contributed by atoms with Gasteiger partial charge >= 0.3 is 0 Å². The predicted molar refractivity (Wildman–Crippen MR) is 132 cm³/mol. The van der Waals surface area contributed by atoms with Crippen molar-refractivity contribution in [3.05, 3.63) is 53.5 Å². The molecule has 31 heavy (non-hydrogen) atoms. The van der Waals surface area contributed by atoms with Crippen LogP contribution in [0.1, 0.15) is 91.0 Å². The summed E-state index contributed by atoms with van der Waals surface area (Å²) in [7, 11) is 0. The van der Waals surface area contributed by atoms with Gasteiger partial charge in [0.05, 0.1) is 0 Å². The number of anilines is 1. The van der Waals surface area contributed by atoms with Crippen molar-refractivity contribution < 1.29 is 0 Å². The first kappa shape index (κ1) is 21.2. The number of fused-ring (bicyclic) bond motifs is 1. The Hall–Kier alpha value is -1.70. The lowest BCUT2D eigenvalue weighted by Gasteiger charge is -2.45. The van der Waals surface area contributed by atoms with Crippen LogP contribution in [0.2, 0.25) is 0 Å². The third-order valence-electron chi connectivity index (χ3n) is 8.85. The van der Waals surface area contributed by atoms with E-state index < -0.39 is 0 Å². The van der Waals surface area contributed by atoms with Gasteiger partial charge in [-0.1, -0.05) is 77.2 Å². The summed E-state index contributed by atoms with van der Waals surface area (Å²) in [5, 5.41) is 0. The van der Waals surface area contributed by atoms with Crippen LogP contribution in [-0.2, 0) is 0 Å². The van der Waals surface area contributed by atoms with Crippen molar-refractivity contribution in [2.45, 2.75) is 98.6 Å². The van der Waals surface area contributed by atoms with Crippen LogP contribution in [0.5, 0.6) is 0 Å². The molecule has 2 saturated carbocycles. The van der Waals surface area contributed by atoms with E-state index in [0.717, 1.165) is 11.8 Å². The highest BCUT2D eigenvalue weighted by atomic mass is 15.4. The third-order valence-corrected chi connectivity index (χ3v) is 8.85. The van der Waals surface area contributed by atoms with Crippen LogP contribution >= 0.6 is 0 Å². The predicted octanol–water partition coefficient (Wildman–Crippen LogP) is 8.00. The molecule has 1 aromatic carbocycles. The summed E-state index contributed by atoms with van der Waals surface area (Å²) in [6, 6.07) is 9.00. The molecular weight excluding hydrogens is 376 g/mol. The molecule has 0 radical (unpaired) electrons. The molecule has 0 saturated heterocycles. The van der Waals surface area contributed by atoms with E-state index >= 15 is 0 Å². The number of nitrogens with zero attached hydrogens (tertiary/aromatic N) is 2. The van der Waals surface area contributed by atoms with E-state index in [1.54, 1.807) is 5.70 Å². The van der Waals surface area contributed by atoms with Gasteiger partial charge in [-0.2, -0.15) is 0 Å². The SMILES string of the molecule is CC1=C2N(C=CC2(C2CCCCC2)C2CCCC2)C(C(C)(C)C)N1c1ccccc1C. The second-order valence-electron chi connectivity index (χ2n) is 11.8. The molecule has 2 fully saturated rings. The summed E-state index contributed by atoms with van der Waals surface area (Å²) in [6.45, 7) is 12.0. The zero-order chi connectivity index (χ0) is 21.8. The Kier molecular flexibility index (Phi) is 5.26. The van der Waals surface area contributed by atoms with Crippen molar-refractivity contribution in [2.24, 2.45) is 22.7 Å². The van der Waals surface area contributed by atoms with E-state index in [1.165, 1.54) is 74.7 Å². The summed E-state index contributed by atoms with van der Waals surface area (Å²) in [4.78, 5) is 5.41. The van der Waals surface area contributed by atoms with Crippen LogP contribution in [0.15, 0.2) is 47.9 Å². The minimum Gasteiger partial charge on any atom is -0.328 e. The van der Waals surface area contributed by atoms with E-state index in [9.17, 15) is 0 Å². The number of benzene rings is 1. The smallest absolute Gasteiger partial charge is 0.115 e. The monoisotopic (exact) mass is 418 g/mol. The lowest BCUT2D eigenvalue weighted by atomic mass is 9.60. The van der Waals surface area contributed by atoms with Crippen molar-refractivity contribution >= 4 is 5.69 Å². The van der Waals surface area contributed by atoms with Crippen molar-refractivity contribution in [2.75, 3.05) is 4.90 Å². The maximum Gasteiger partial charge on any atom is 0.115 e. The van der Waals surface area contributed by atoms with Gasteiger partial charge in [0, 0.05) is 34.1 Å². The van der Waals surface area contributed by atoms with Crippen molar-refractivity contribution in [3.8, 4) is 0 Å². The zero-order valence-corrected chi connectivity index (χ0v) is 20.5. The number of hydrogen-bond acceptors (Lipinski definition) is 2. The topological polar surface area (TPSA) is 6.48 Å². The Bertz CT molecular complexity index is 876. The van der Waals surface area contributed by atoms with E-state index in [-0.39, 0.29) is 10.8 Å². The van der Waals surface area contributed by atoms with Crippen LogP contribution in [0, 0.1) is 29.6 Å². The lowest BCUT2D eigenvalue weighted by molar-refractivity contribution is 0.108. The van der Waals surface area contributed by atoms with Gasteiger partial charge in [-0.05, 0) is 63.0 Å². The average Bonchev–Trinajstić information content (AvgIpc) is 3.46. The molecule has 2 aliphatic heterocycles. The number of para-hydroxylation sites is 1. The second kappa shape index (κ2) is 7.71. The standard InChI is InChI=1S/C29H42N2/c1-21-13-9-12-18-25(21)31-22(2)26-29(24-16-10-11-17-24,23-14-7-6-8-15-23)19-20-30(26)27(31)28(3,4)5/h9,12-13,18-20,23-24,27H,6-8,10-11,14-17H2,1-5H3. The van der Waals surface area contributed by atoms with E-state index in [0.29, 0.717) is 6.17 Å². The summed E-state index contributed by atoms with van der Waals surface area (Å²) in [5.74, 6) is 1.63. The molecule has 5 rings (SSSR count). The normalized spacial score (nSPS) is 30.0. The molecule has 0 amide bonds. The van der Waals surface area contributed by atoms with Crippen LogP contribution in [0.4, 0.5) is 5.69 Å². The summed E-state index contributed by atoms with van der Waals surface area (Å²) in [5.41, 5.74) is 6.34. The van der Waals surface area contributed by atoms with Gasteiger partial charge < -0.3 is 9.80 Å². The van der Waals surface area contributed by atoms with E-state index in [4.69, 9.17) is 0 Å². The maximum atomic E-state index is 2.72. The molecule has 2 heterocycles. The largest absolute Gasteiger partial charge is 0.328 e. The molecule has 2 heteroatoms. The first-order valence-electron chi connectivity index (χ1n) is 12.9. The van der Waals surface area contributed by atoms with Crippen molar-refractivity contribution in [3.63, 3.8) is 0 Å². The summed E-state index contributed by atoms with van der Waals surface area (Å²) >= 11 is 0. The van der Waals surface area contributed by atoms with Crippen molar-refractivity contribution in [1.29, 1.82) is 0 Å². The zero-order valence-electron chi connectivity index (χ0n) is 20.5. The van der Waals surface area contributed by atoms with Gasteiger partial charge in [-0.3, -0.25) is 0 Å². The van der Waals surface area contributed by atoms with E-state index in [1.807, 2.05) is 0 Å². The molecule has 168 valence electrons. The van der Waals surface area contributed by atoms with Gasteiger partial charge in [0.2, 0.25) is 0 Å². The molecule has 2 unspecified atom stereocenters. The fourth-order valence-corrected chi connectivity index (χ4v) is 7.63. The highest BCUT2D eigenvalue weighted by Crippen LogP contribution is 2.62. The highest BCUT2D eigenvalue weighted by Gasteiger charge is 2.57. The number of aryl methyl sites for hydroxylation is 1. The van der Waals surface area contributed by atoms with Gasteiger partial charge in [0.1, 0.15) is 6.17 Å². The Morgan fingerprint density at radius 1 is 0.839 bits per heavy atom. The van der Waals surface area contributed by atoms with Crippen LogP contribution in [-0.4, -0.2) is 11.1 Å². The first-order valence-corrected chi connectivity index (χ1v) is 12.9. The van der Waals surface area contributed by atoms with Crippen molar-refractivity contribution in [1.82, 2.24) is 4.90 Å². The fraction of sp³-hybridized carbons (Fsp3) is 0.655. The molecule has 2 nitrogen and oxygen atoms in total. The Balaban J connectivity index is 1.68. The Labute approximate surface area is 190 Å². The van der Waals surface area contributed by atoms with Gasteiger partial charge in [-0.15, -0.1) is 0 Å². The lowest BCUT2D eigenvalue weighted by Crippen LogP contribution is -2.48. The molecule has 0 aromatic heterocycles.